The van der Waals surface area contributed by atoms with Gasteiger partial charge in [-0.25, -0.2) is 4.98 Å². The predicted molar refractivity (Wildman–Crippen MR) is 88.4 cm³/mol. The fourth-order valence-electron chi connectivity index (χ4n) is 2.90. The normalized spacial score (nSPS) is 19.8. The van der Waals surface area contributed by atoms with Gasteiger partial charge in [0.05, 0.1) is 4.47 Å². The van der Waals surface area contributed by atoms with Gasteiger partial charge < -0.3 is 10.2 Å². The Kier molecular flexibility index (Phi) is 6.07. The topological polar surface area (TPSA) is 41.1 Å². The van der Waals surface area contributed by atoms with Crippen LogP contribution in [0, 0.1) is 5.92 Å². The maximum absolute atomic E-state index is 4.66. The van der Waals surface area contributed by atoms with Crippen molar-refractivity contribution in [2.45, 2.75) is 46.0 Å². The molecule has 0 radical (unpaired) electrons. The molecule has 1 aromatic rings. The summed E-state index contributed by atoms with van der Waals surface area (Å²) in [6.07, 6.45) is 8.41. The molecule has 1 aromatic heterocycles. The Labute approximate surface area is 130 Å². The molecule has 1 aliphatic heterocycles. The molecule has 2 rings (SSSR count). The first kappa shape index (κ1) is 15.5. The van der Waals surface area contributed by atoms with Crippen molar-refractivity contribution >= 4 is 27.7 Å². The van der Waals surface area contributed by atoms with Gasteiger partial charge >= 0.3 is 0 Å². The highest BCUT2D eigenvalue weighted by atomic mass is 79.9. The van der Waals surface area contributed by atoms with Crippen LogP contribution in [0.2, 0.25) is 0 Å². The first-order chi connectivity index (χ1) is 9.74. The van der Waals surface area contributed by atoms with Crippen molar-refractivity contribution in [3.63, 3.8) is 0 Å². The third-order valence-corrected chi connectivity index (χ3v) is 4.46. The monoisotopic (exact) mass is 340 g/mol. The minimum absolute atomic E-state index is 0.722. The summed E-state index contributed by atoms with van der Waals surface area (Å²) in [7, 11) is 0. The van der Waals surface area contributed by atoms with Gasteiger partial charge in [0.15, 0.2) is 0 Å². The zero-order valence-electron chi connectivity index (χ0n) is 12.5. The van der Waals surface area contributed by atoms with Crippen molar-refractivity contribution in [2.24, 2.45) is 5.92 Å². The Morgan fingerprint density at radius 1 is 1.35 bits per heavy atom. The van der Waals surface area contributed by atoms with E-state index >= 15 is 0 Å². The molecule has 1 saturated heterocycles. The van der Waals surface area contributed by atoms with Gasteiger partial charge in [0, 0.05) is 25.8 Å². The summed E-state index contributed by atoms with van der Waals surface area (Å²) >= 11 is 3.59. The predicted octanol–water partition coefficient (Wildman–Crippen LogP) is 4.08. The average molecular weight is 341 g/mol. The summed E-state index contributed by atoms with van der Waals surface area (Å²) in [6.45, 7) is 7.39. The Balaban J connectivity index is 2.08. The molecule has 2 heterocycles. The van der Waals surface area contributed by atoms with Crippen LogP contribution in [0.25, 0.3) is 0 Å². The van der Waals surface area contributed by atoms with Crippen molar-refractivity contribution in [3.05, 3.63) is 10.7 Å². The smallest absolute Gasteiger partial charge is 0.224 e. The lowest BCUT2D eigenvalue weighted by Gasteiger charge is -2.23. The zero-order valence-corrected chi connectivity index (χ0v) is 14.1. The number of aromatic nitrogens is 2. The zero-order chi connectivity index (χ0) is 14.4. The fraction of sp³-hybridized carbons (Fsp3) is 0.733. The molecule has 1 atom stereocenters. The van der Waals surface area contributed by atoms with Gasteiger partial charge in [0.1, 0.15) is 5.82 Å². The van der Waals surface area contributed by atoms with E-state index in [2.05, 4.69) is 50.0 Å². The highest BCUT2D eigenvalue weighted by Crippen LogP contribution is 2.29. The molecule has 4 nitrogen and oxygen atoms in total. The second kappa shape index (κ2) is 7.81. The van der Waals surface area contributed by atoms with E-state index in [1.165, 1.54) is 32.1 Å². The van der Waals surface area contributed by atoms with Gasteiger partial charge in [-0.3, -0.25) is 0 Å². The van der Waals surface area contributed by atoms with Crippen molar-refractivity contribution in [3.8, 4) is 0 Å². The van der Waals surface area contributed by atoms with E-state index in [0.29, 0.717) is 0 Å². The quantitative estimate of drug-likeness (QED) is 0.876. The van der Waals surface area contributed by atoms with E-state index in [1.54, 1.807) is 0 Å². The highest BCUT2D eigenvalue weighted by molar-refractivity contribution is 9.10. The Morgan fingerprint density at radius 3 is 2.95 bits per heavy atom. The summed E-state index contributed by atoms with van der Waals surface area (Å²) in [4.78, 5) is 11.4. The number of hydrogen-bond acceptors (Lipinski definition) is 4. The van der Waals surface area contributed by atoms with Crippen LogP contribution in [0.5, 0.6) is 0 Å². The molecule has 0 aliphatic carbocycles. The number of anilines is 2. The van der Waals surface area contributed by atoms with Crippen LogP contribution in [-0.4, -0.2) is 29.6 Å². The Morgan fingerprint density at radius 2 is 2.20 bits per heavy atom. The van der Waals surface area contributed by atoms with Crippen LogP contribution >= 0.6 is 15.9 Å². The van der Waals surface area contributed by atoms with E-state index in [0.717, 1.165) is 41.8 Å². The standard InChI is InChI=1S/C15H25BrN4/c1-3-6-12-7-5-9-20(10-8-12)14-13(16)11-18-15(19-14)17-4-2/h11-12H,3-10H2,1-2H3,(H,17,18,19). The lowest BCUT2D eigenvalue weighted by Crippen LogP contribution is -2.26. The molecule has 1 N–H and O–H groups in total. The van der Waals surface area contributed by atoms with Crippen molar-refractivity contribution in [1.29, 1.82) is 0 Å². The van der Waals surface area contributed by atoms with Crippen LogP contribution in [0.4, 0.5) is 11.8 Å². The van der Waals surface area contributed by atoms with Gasteiger partial charge in [-0.15, -0.1) is 0 Å². The third-order valence-electron chi connectivity index (χ3n) is 3.90. The lowest BCUT2D eigenvalue weighted by atomic mass is 9.96. The Hall–Kier alpha value is -0.840. The molecule has 0 spiro atoms. The molecule has 0 aromatic carbocycles. The van der Waals surface area contributed by atoms with Crippen LogP contribution in [0.3, 0.4) is 0 Å². The molecule has 20 heavy (non-hydrogen) atoms. The van der Waals surface area contributed by atoms with E-state index in [9.17, 15) is 0 Å². The van der Waals surface area contributed by atoms with E-state index in [-0.39, 0.29) is 0 Å². The van der Waals surface area contributed by atoms with E-state index in [1.807, 2.05) is 6.20 Å². The van der Waals surface area contributed by atoms with Crippen molar-refractivity contribution < 1.29 is 0 Å². The maximum Gasteiger partial charge on any atom is 0.224 e. The number of nitrogens with one attached hydrogen (secondary N) is 1. The average Bonchev–Trinajstić information content (AvgIpc) is 2.67. The van der Waals surface area contributed by atoms with Crippen LogP contribution in [-0.2, 0) is 0 Å². The second-order valence-corrected chi connectivity index (χ2v) is 6.32. The van der Waals surface area contributed by atoms with Crippen LogP contribution < -0.4 is 10.2 Å². The molecular weight excluding hydrogens is 316 g/mol. The molecular formula is C15H25BrN4. The SMILES string of the molecule is CCCC1CCCN(c2nc(NCC)ncc2Br)CC1. The first-order valence-corrected chi connectivity index (χ1v) is 8.55. The summed E-state index contributed by atoms with van der Waals surface area (Å²) in [6, 6.07) is 0. The maximum atomic E-state index is 4.66. The van der Waals surface area contributed by atoms with Crippen molar-refractivity contribution in [1.82, 2.24) is 9.97 Å². The van der Waals surface area contributed by atoms with Crippen LogP contribution in [0.1, 0.15) is 46.0 Å². The molecule has 0 bridgehead atoms. The van der Waals surface area contributed by atoms with Gasteiger partial charge in [-0.2, -0.15) is 4.98 Å². The molecule has 1 aliphatic rings. The van der Waals surface area contributed by atoms with Crippen molar-refractivity contribution in [2.75, 3.05) is 29.9 Å². The van der Waals surface area contributed by atoms with Gasteiger partial charge in [-0.1, -0.05) is 19.8 Å². The largest absolute Gasteiger partial charge is 0.356 e. The van der Waals surface area contributed by atoms with Gasteiger partial charge in [0.2, 0.25) is 5.95 Å². The molecule has 112 valence electrons. The molecule has 1 fully saturated rings. The Bertz CT molecular complexity index is 424. The second-order valence-electron chi connectivity index (χ2n) is 5.47. The minimum atomic E-state index is 0.722. The molecule has 0 saturated carbocycles. The summed E-state index contributed by atoms with van der Waals surface area (Å²) < 4.78 is 0.994. The first-order valence-electron chi connectivity index (χ1n) is 7.76. The number of nitrogens with zero attached hydrogens (tertiary/aromatic N) is 3. The summed E-state index contributed by atoms with van der Waals surface area (Å²) in [5.74, 6) is 2.65. The minimum Gasteiger partial charge on any atom is -0.356 e. The number of rotatable bonds is 5. The number of halogens is 1. The summed E-state index contributed by atoms with van der Waals surface area (Å²) in [5, 5.41) is 3.19. The van der Waals surface area contributed by atoms with E-state index in [4.69, 9.17) is 0 Å². The fourth-order valence-corrected chi connectivity index (χ4v) is 3.34. The molecule has 5 heteroatoms. The van der Waals surface area contributed by atoms with Crippen LogP contribution in [0.15, 0.2) is 10.7 Å². The highest BCUT2D eigenvalue weighted by Gasteiger charge is 2.19. The molecule has 0 amide bonds. The van der Waals surface area contributed by atoms with Gasteiger partial charge in [-0.05, 0) is 48.0 Å². The van der Waals surface area contributed by atoms with E-state index < -0.39 is 0 Å². The lowest BCUT2D eigenvalue weighted by molar-refractivity contribution is 0.435. The molecule has 1 unspecified atom stereocenters. The number of hydrogen-bond donors (Lipinski definition) is 1. The van der Waals surface area contributed by atoms with Gasteiger partial charge in [0.25, 0.3) is 0 Å². The summed E-state index contributed by atoms with van der Waals surface area (Å²) in [5.41, 5.74) is 0. The third kappa shape index (κ3) is 4.08.